The molecule has 7 heteroatoms. The molecule has 34 heavy (non-hydrogen) atoms. The van der Waals surface area contributed by atoms with Crippen LogP contribution in [0.5, 0.6) is 11.6 Å². The van der Waals surface area contributed by atoms with Crippen LogP contribution in [0.1, 0.15) is 11.1 Å². The van der Waals surface area contributed by atoms with Crippen molar-refractivity contribution in [2.75, 3.05) is 40.0 Å². The molecule has 0 radical (unpaired) electrons. The van der Waals surface area contributed by atoms with Crippen LogP contribution in [-0.4, -0.2) is 65.9 Å². The maximum absolute atomic E-state index is 10.5. The molecular weight excluding hydrogens is 430 g/mol. The summed E-state index contributed by atoms with van der Waals surface area (Å²) in [5.74, 6) is 3.82. The van der Waals surface area contributed by atoms with E-state index in [0.717, 1.165) is 28.1 Å². The van der Waals surface area contributed by atoms with Crippen LogP contribution in [0.3, 0.4) is 0 Å². The third-order valence-corrected chi connectivity index (χ3v) is 5.30. The number of rotatable bonds is 13. The molecule has 0 saturated carbocycles. The van der Waals surface area contributed by atoms with E-state index in [0.29, 0.717) is 32.1 Å². The molecule has 0 aliphatic carbocycles. The topological polar surface area (TPSA) is 69.0 Å². The number of aliphatic hydroxyl groups is 1. The van der Waals surface area contributed by atoms with E-state index in [9.17, 15) is 5.11 Å². The van der Waals surface area contributed by atoms with Gasteiger partial charge in [0.05, 0.1) is 24.9 Å². The third kappa shape index (κ3) is 7.17. The largest absolute Gasteiger partial charge is 0.439 e. The summed E-state index contributed by atoms with van der Waals surface area (Å²) in [5, 5.41) is 15.3. The van der Waals surface area contributed by atoms with Crippen molar-refractivity contribution in [1.29, 1.82) is 0 Å². The molecule has 0 saturated heterocycles. The van der Waals surface area contributed by atoms with Gasteiger partial charge >= 0.3 is 0 Å². The lowest BCUT2D eigenvalue weighted by atomic mass is 10.1. The van der Waals surface area contributed by atoms with Gasteiger partial charge in [0.15, 0.2) is 0 Å². The Labute approximate surface area is 201 Å². The van der Waals surface area contributed by atoms with E-state index < -0.39 is 6.10 Å². The minimum Gasteiger partial charge on any atom is -0.439 e. The van der Waals surface area contributed by atoms with E-state index in [1.165, 1.54) is 0 Å². The first-order chi connectivity index (χ1) is 16.5. The lowest BCUT2D eigenvalue weighted by Gasteiger charge is -2.25. The number of methoxy groups -OCH3 is 1. The first-order valence-electron chi connectivity index (χ1n) is 11.3. The fraction of sp³-hybridized carbons (Fsp3) is 0.370. The molecule has 0 amide bonds. The highest BCUT2D eigenvalue weighted by Gasteiger charge is 2.23. The molecule has 1 N–H and O–H groups in total. The highest BCUT2D eigenvalue weighted by molar-refractivity contribution is 5.65. The monoisotopic (exact) mass is 463 g/mol. The lowest BCUT2D eigenvalue weighted by molar-refractivity contribution is 0.0206. The number of terminal acetylenes is 1. The number of benzene rings is 2. The molecule has 0 spiro atoms. The number of hydrogen-bond donors (Lipinski definition) is 1. The van der Waals surface area contributed by atoms with Crippen LogP contribution in [0.25, 0.3) is 11.3 Å². The number of ether oxygens (including phenoxy) is 3. The first-order valence-corrected chi connectivity index (χ1v) is 11.3. The molecule has 0 bridgehead atoms. The van der Waals surface area contributed by atoms with Gasteiger partial charge in [-0.3, -0.25) is 4.90 Å². The maximum atomic E-state index is 10.5. The second kappa shape index (κ2) is 12.9. The molecule has 3 rings (SSSR count). The minimum absolute atomic E-state index is 0.166. The third-order valence-electron chi connectivity index (χ3n) is 5.30. The van der Waals surface area contributed by atoms with Crippen molar-refractivity contribution in [2.45, 2.75) is 19.6 Å². The molecule has 7 nitrogen and oxygen atoms in total. The molecule has 0 unspecified atom stereocenters. The predicted molar refractivity (Wildman–Crippen MR) is 133 cm³/mol. The average Bonchev–Trinajstić information content (AvgIpc) is 3.13. The van der Waals surface area contributed by atoms with Crippen LogP contribution in [-0.2, 0) is 23.1 Å². The normalized spacial score (nSPS) is 12.0. The Morgan fingerprint density at radius 3 is 2.68 bits per heavy atom. The molecule has 1 atom stereocenters. The summed E-state index contributed by atoms with van der Waals surface area (Å²) in [7, 11) is 3.54. The number of hydrogen-bond acceptors (Lipinski definition) is 6. The van der Waals surface area contributed by atoms with E-state index in [1.54, 1.807) is 11.8 Å². The van der Waals surface area contributed by atoms with Crippen LogP contribution in [0, 0.1) is 19.3 Å². The van der Waals surface area contributed by atoms with Crippen LogP contribution >= 0.6 is 0 Å². The number of aromatic nitrogens is 2. The van der Waals surface area contributed by atoms with Gasteiger partial charge in [0.2, 0.25) is 5.88 Å². The Morgan fingerprint density at radius 2 is 1.97 bits per heavy atom. The summed E-state index contributed by atoms with van der Waals surface area (Å²) in [6.45, 7) is 4.41. The van der Waals surface area contributed by atoms with E-state index in [1.807, 2.05) is 68.6 Å². The van der Waals surface area contributed by atoms with Crippen LogP contribution in [0.2, 0.25) is 0 Å². The number of aryl methyl sites for hydroxylation is 2. The van der Waals surface area contributed by atoms with Gasteiger partial charge in [-0.05, 0) is 24.6 Å². The Kier molecular flexibility index (Phi) is 9.68. The summed E-state index contributed by atoms with van der Waals surface area (Å²) in [6.07, 6.45) is 4.55. The number of nitrogens with zero attached hydrogens (tertiary/aromatic N) is 3. The van der Waals surface area contributed by atoms with Gasteiger partial charge in [-0.25, -0.2) is 4.68 Å². The fourth-order valence-electron chi connectivity index (χ4n) is 3.72. The van der Waals surface area contributed by atoms with E-state index in [4.69, 9.17) is 25.7 Å². The molecule has 180 valence electrons. The standard InChI is InChI=1S/C27H33N3O4/c1-5-15-33-20-23(31)18-30(14-16-32-4)19-25-26(22-11-7-6-8-12-22)28-29(3)27(25)34-24-13-9-10-21(2)17-24/h1,6-13,17,23,31H,14-16,18-20H2,2-4H3/t23-/m0/s1. The van der Waals surface area contributed by atoms with Crippen LogP contribution in [0.15, 0.2) is 54.6 Å². The van der Waals surface area contributed by atoms with Crippen molar-refractivity contribution in [3.05, 3.63) is 65.7 Å². The SMILES string of the molecule is C#CCOC[C@@H](O)CN(CCOC)Cc1c(-c2ccccc2)nn(C)c1Oc1cccc(C)c1. The Balaban J connectivity index is 1.93. The predicted octanol–water partition coefficient (Wildman–Crippen LogP) is 3.65. The van der Waals surface area contributed by atoms with Crippen LogP contribution < -0.4 is 4.74 Å². The number of aliphatic hydroxyl groups excluding tert-OH is 1. The molecule has 1 heterocycles. The highest BCUT2D eigenvalue weighted by atomic mass is 16.5. The Morgan fingerprint density at radius 1 is 1.18 bits per heavy atom. The molecule has 0 fully saturated rings. The highest BCUT2D eigenvalue weighted by Crippen LogP contribution is 2.34. The minimum atomic E-state index is -0.691. The smallest absolute Gasteiger partial charge is 0.222 e. The summed E-state index contributed by atoms with van der Waals surface area (Å²) in [5.41, 5.74) is 3.88. The van der Waals surface area contributed by atoms with E-state index in [-0.39, 0.29) is 13.2 Å². The van der Waals surface area contributed by atoms with E-state index >= 15 is 0 Å². The van der Waals surface area contributed by atoms with Gasteiger partial charge in [-0.2, -0.15) is 5.10 Å². The molecular formula is C27H33N3O4. The Bertz CT molecular complexity index is 1080. The maximum Gasteiger partial charge on any atom is 0.222 e. The van der Waals surface area contributed by atoms with Gasteiger partial charge in [-0.1, -0.05) is 48.4 Å². The average molecular weight is 464 g/mol. The zero-order valence-corrected chi connectivity index (χ0v) is 20.1. The Hall–Kier alpha value is -3.15. The molecule has 0 aliphatic rings. The molecule has 2 aromatic carbocycles. The second-order valence-corrected chi connectivity index (χ2v) is 8.14. The zero-order chi connectivity index (χ0) is 24.3. The summed E-state index contributed by atoms with van der Waals surface area (Å²) in [6, 6.07) is 17.9. The van der Waals surface area contributed by atoms with Crippen molar-refractivity contribution < 1.29 is 19.3 Å². The van der Waals surface area contributed by atoms with Crippen molar-refractivity contribution in [1.82, 2.24) is 14.7 Å². The summed E-state index contributed by atoms with van der Waals surface area (Å²) >= 11 is 0. The van der Waals surface area contributed by atoms with E-state index in [2.05, 4.69) is 10.8 Å². The molecule has 0 aliphatic heterocycles. The van der Waals surface area contributed by atoms with Gasteiger partial charge in [0, 0.05) is 39.4 Å². The molecule has 3 aromatic rings. The van der Waals surface area contributed by atoms with Gasteiger partial charge in [0.1, 0.15) is 18.1 Å². The van der Waals surface area contributed by atoms with Gasteiger partial charge in [-0.15, -0.1) is 6.42 Å². The van der Waals surface area contributed by atoms with Gasteiger partial charge < -0.3 is 19.3 Å². The second-order valence-electron chi connectivity index (χ2n) is 8.14. The van der Waals surface area contributed by atoms with Gasteiger partial charge in [0.25, 0.3) is 0 Å². The van der Waals surface area contributed by atoms with Crippen molar-refractivity contribution >= 4 is 0 Å². The van der Waals surface area contributed by atoms with Crippen molar-refractivity contribution in [3.63, 3.8) is 0 Å². The van der Waals surface area contributed by atoms with Crippen molar-refractivity contribution in [3.8, 4) is 35.2 Å². The lowest BCUT2D eigenvalue weighted by Crippen LogP contribution is -2.36. The summed E-state index contributed by atoms with van der Waals surface area (Å²) < 4.78 is 18.8. The van der Waals surface area contributed by atoms with Crippen LogP contribution in [0.4, 0.5) is 0 Å². The fourth-order valence-corrected chi connectivity index (χ4v) is 3.72. The zero-order valence-electron chi connectivity index (χ0n) is 20.1. The summed E-state index contributed by atoms with van der Waals surface area (Å²) in [4.78, 5) is 2.11. The van der Waals surface area contributed by atoms with Crippen molar-refractivity contribution in [2.24, 2.45) is 7.05 Å². The first kappa shape index (κ1) is 25.5. The molecule has 1 aromatic heterocycles. The quantitative estimate of drug-likeness (QED) is 0.308.